The number of nitrogens with one attached hydrogen (secondary N) is 1. The van der Waals surface area contributed by atoms with Gasteiger partial charge >= 0.3 is 0 Å². The van der Waals surface area contributed by atoms with Crippen LogP contribution in [0.5, 0.6) is 11.5 Å². The number of pyridine rings is 1. The van der Waals surface area contributed by atoms with Gasteiger partial charge < -0.3 is 10.1 Å². The normalized spacial score (nSPS) is 10.9. The van der Waals surface area contributed by atoms with E-state index in [1.54, 1.807) is 24.5 Å². The maximum absolute atomic E-state index is 13.2. The third-order valence-corrected chi connectivity index (χ3v) is 3.45. The summed E-state index contributed by atoms with van der Waals surface area (Å²) in [6.45, 7) is 5.92. The molecule has 0 atom stereocenters. The maximum atomic E-state index is 13.2. The first-order valence-electron chi connectivity index (χ1n) is 6.82. The molecule has 3 nitrogen and oxygen atoms in total. The van der Waals surface area contributed by atoms with Gasteiger partial charge in [-0.05, 0) is 52.7 Å². The van der Waals surface area contributed by atoms with Gasteiger partial charge in [0, 0.05) is 24.5 Å². The molecule has 2 rings (SSSR count). The van der Waals surface area contributed by atoms with Gasteiger partial charge in [0.25, 0.3) is 0 Å². The highest BCUT2D eigenvalue weighted by Crippen LogP contribution is 2.28. The number of aromatic nitrogens is 1. The van der Waals surface area contributed by atoms with E-state index in [-0.39, 0.29) is 5.82 Å². The highest BCUT2D eigenvalue weighted by molar-refractivity contribution is 9.10. The van der Waals surface area contributed by atoms with Crippen molar-refractivity contribution in [1.82, 2.24) is 10.3 Å². The van der Waals surface area contributed by atoms with Gasteiger partial charge in [0.2, 0.25) is 0 Å². The average molecular weight is 353 g/mol. The summed E-state index contributed by atoms with van der Waals surface area (Å²) in [4.78, 5) is 4.13. The Hall–Kier alpha value is -1.46. The van der Waals surface area contributed by atoms with Gasteiger partial charge in [0.05, 0.1) is 4.47 Å². The summed E-state index contributed by atoms with van der Waals surface area (Å²) in [5.74, 6) is 1.58. The minimum Gasteiger partial charge on any atom is -0.457 e. The molecule has 1 aromatic carbocycles. The molecular weight excluding hydrogens is 335 g/mol. The average Bonchev–Trinajstić information content (AvgIpc) is 2.44. The van der Waals surface area contributed by atoms with Crippen LogP contribution >= 0.6 is 15.9 Å². The quantitative estimate of drug-likeness (QED) is 0.829. The summed E-state index contributed by atoms with van der Waals surface area (Å²) in [7, 11) is 0. The van der Waals surface area contributed by atoms with Crippen molar-refractivity contribution in [2.24, 2.45) is 5.92 Å². The number of hydrogen-bond acceptors (Lipinski definition) is 3. The highest BCUT2D eigenvalue weighted by atomic mass is 79.9. The standard InChI is InChI=1S/C16H18BrFN2O/c1-11(2)8-20-10-12-9-19-6-5-16(12)21-13-3-4-15(18)14(17)7-13/h3-7,9,11,20H,8,10H2,1-2H3. The van der Waals surface area contributed by atoms with Crippen molar-refractivity contribution in [3.05, 3.63) is 52.5 Å². The molecule has 5 heteroatoms. The summed E-state index contributed by atoms with van der Waals surface area (Å²) < 4.78 is 19.4. The van der Waals surface area contributed by atoms with E-state index in [1.807, 2.05) is 6.07 Å². The zero-order chi connectivity index (χ0) is 15.2. The van der Waals surface area contributed by atoms with Crippen molar-refractivity contribution in [3.8, 4) is 11.5 Å². The lowest BCUT2D eigenvalue weighted by atomic mass is 10.2. The molecule has 0 aliphatic carbocycles. The Balaban J connectivity index is 2.10. The minimum absolute atomic E-state index is 0.309. The Morgan fingerprint density at radius 2 is 2.14 bits per heavy atom. The van der Waals surface area contributed by atoms with Crippen LogP contribution in [0.4, 0.5) is 4.39 Å². The Morgan fingerprint density at radius 1 is 1.33 bits per heavy atom. The second-order valence-electron chi connectivity index (χ2n) is 5.19. The van der Waals surface area contributed by atoms with Crippen LogP contribution in [0.1, 0.15) is 19.4 Å². The molecular formula is C16H18BrFN2O. The molecule has 0 radical (unpaired) electrons. The predicted molar refractivity (Wildman–Crippen MR) is 85.0 cm³/mol. The minimum atomic E-state index is -0.309. The summed E-state index contributed by atoms with van der Waals surface area (Å²) in [5, 5.41) is 3.36. The van der Waals surface area contributed by atoms with Gasteiger partial charge in [0.1, 0.15) is 17.3 Å². The van der Waals surface area contributed by atoms with Crippen molar-refractivity contribution in [3.63, 3.8) is 0 Å². The van der Waals surface area contributed by atoms with Gasteiger partial charge in [-0.1, -0.05) is 13.8 Å². The number of ether oxygens (including phenoxy) is 1. The van der Waals surface area contributed by atoms with Crippen LogP contribution in [-0.4, -0.2) is 11.5 Å². The van der Waals surface area contributed by atoms with Gasteiger partial charge in [-0.25, -0.2) is 4.39 Å². The Labute approximate surface area is 132 Å². The van der Waals surface area contributed by atoms with Crippen molar-refractivity contribution in [2.45, 2.75) is 20.4 Å². The van der Waals surface area contributed by atoms with Crippen molar-refractivity contribution in [1.29, 1.82) is 0 Å². The monoisotopic (exact) mass is 352 g/mol. The number of hydrogen-bond donors (Lipinski definition) is 1. The molecule has 0 saturated carbocycles. The topological polar surface area (TPSA) is 34.2 Å². The summed E-state index contributed by atoms with van der Waals surface area (Å²) in [6, 6.07) is 6.40. The van der Waals surface area contributed by atoms with Crippen LogP contribution in [0, 0.1) is 11.7 Å². The summed E-state index contributed by atoms with van der Waals surface area (Å²) >= 11 is 3.16. The molecule has 0 saturated heterocycles. The smallest absolute Gasteiger partial charge is 0.137 e. The van der Waals surface area contributed by atoms with E-state index < -0.39 is 0 Å². The second kappa shape index (κ2) is 7.52. The first-order chi connectivity index (χ1) is 10.1. The number of halogens is 2. The third kappa shape index (κ3) is 4.79. The number of benzene rings is 1. The van der Waals surface area contributed by atoms with Crippen molar-refractivity contribution >= 4 is 15.9 Å². The molecule has 0 aliphatic heterocycles. The van der Waals surface area contributed by atoms with E-state index in [9.17, 15) is 4.39 Å². The highest BCUT2D eigenvalue weighted by Gasteiger charge is 2.07. The van der Waals surface area contributed by atoms with Crippen LogP contribution in [0.3, 0.4) is 0 Å². The predicted octanol–water partition coefficient (Wildman–Crippen LogP) is 4.52. The van der Waals surface area contributed by atoms with Crippen LogP contribution in [-0.2, 0) is 6.54 Å². The first kappa shape index (κ1) is 15.9. The second-order valence-corrected chi connectivity index (χ2v) is 6.04. The van der Waals surface area contributed by atoms with Crippen LogP contribution in [0.2, 0.25) is 0 Å². The zero-order valence-electron chi connectivity index (χ0n) is 12.1. The molecule has 1 aromatic heterocycles. The lowest BCUT2D eigenvalue weighted by Gasteiger charge is -2.12. The first-order valence-corrected chi connectivity index (χ1v) is 7.62. The van der Waals surface area contributed by atoms with Gasteiger partial charge in [0.15, 0.2) is 0 Å². The molecule has 1 N–H and O–H groups in total. The SMILES string of the molecule is CC(C)CNCc1cnccc1Oc1ccc(F)c(Br)c1. The third-order valence-electron chi connectivity index (χ3n) is 2.85. The van der Waals surface area contributed by atoms with E-state index in [0.29, 0.717) is 22.7 Å². The molecule has 0 aliphatic rings. The Bertz CT molecular complexity index is 605. The van der Waals surface area contributed by atoms with E-state index in [0.717, 1.165) is 17.9 Å². The number of nitrogens with zero attached hydrogens (tertiary/aromatic N) is 1. The fraction of sp³-hybridized carbons (Fsp3) is 0.312. The number of rotatable bonds is 6. The lowest BCUT2D eigenvalue weighted by molar-refractivity contribution is 0.466. The lowest BCUT2D eigenvalue weighted by Crippen LogP contribution is -2.19. The van der Waals surface area contributed by atoms with Gasteiger partial charge in [-0.15, -0.1) is 0 Å². The molecule has 0 spiro atoms. The fourth-order valence-corrected chi connectivity index (χ4v) is 2.17. The summed E-state index contributed by atoms with van der Waals surface area (Å²) in [6.07, 6.45) is 3.46. The van der Waals surface area contributed by atoms with E-state index in [1.165, 1.54) is 6.07 Å². The summed E-state index contributed by atoms with van der Waals surface area (Å²) in [5.41, 5.74) is 0.971. The molecule has 0 unspecified atom stereocenters. The van der Waals surface area contributed by atoms with Crippen molar-refractivity contribution < 1.29 is 9.13 Å². The van der Waals surface area contributed by atoms with E-state index >= 15 is 0 Å². The maximum Gasteiger partial charge on any atom is 0.137 e. The van der Waals surface area contributed by atoms with Crippen molar-refractivity contribution in [2.75, 3.05) is 6.54 Å². The van der Waals surface area contributed by atoms with Crippen LogP contribution < -0.4 is 10.1 Å². The van der Waals surface area contributed by atoms with Gasteiger partial charge in [-0.3, -0.25) is 4.98 Å². The van der Waals surface area contributed by atoms with Crippen LogP contribution in [0.25, 0.3) is 0 Å². The molecule has 0 bridgehead atoms. The molecule has 0 amide bonds. The van der Waals surface area contributed by atoms with Gasteiger partial charge in [-0.2, -0.15) is 0 Å². The fourth-order valence-electron chi connectivity index (χ4n) is 1.81. The zero-order valence-corrected chi connectivity index (χ0v) is 13.7. The Kier molecular flexibility index (Phi) is 5.70. The molecule has 0 fully saturated rings. The van der Waals surface area contributed by atoms with Crippen LogP contribution in [0.15, 0.2) is 41.1 Å². The van der Waals surface area contributed by atoms with E-state index in [4.69, 9.17) is 4.74 Å². The Morgan fingerprint density at radius 3 is 2.86 bits per heavy atom. The molecule has 1 heterocycles. The molecule has 112 valence electrons. The van der Waals surface area contributed by atoms with E-state index in [2.05, 4.69) is 40.1 Å². The largest absolute Gasteiger partial charge is 0.457 e. The molecule has 2 aromatic rings. The molecule has 21 heavy (non-hydrogen) atoms.